The molecule has 0 aliphatic rings. The van der Waals surface area contributed by atoms with E-state index in [1.165, 1.54) is 31.3 Å². The number of anilines is 1. The van der Waals surface area contributed by atoms with Crippen molar-refractivity contribution in [1.29, 1.82) is 0 Å². The number of benzene rings is 1. The Morgan fingerprint density at radius 2 is 1.97 bits per heavy atom. The molecule has 160 valence electrons. The Hall–Kier alpha value is -3.33. The first-order valence-electron chi connectivity index (χ1n) is 8.69. The summed E-state index contributed by atoms with van der Waals surface area (Å²) in [7, 11) is 0. The van der Waals surface area contributed by atoms with Crippen molar-refractivity contribution in [2.45, 2.75) is 27.7 Å². The van der Waals surface area contributed by atoms with E-state index in [-0.39, 0.29) is 17.2 Å². The number of hydrogen-bond acceptors (Lipinski definition) is 5. The Morgan fingerprint density at radius 3 is 2.38 bits per heavy atom. The summed E-state index contributed by atoms with van der Waals surface area (Å²) in [6.45, 7) is 11.0. The van der Waals surface area contributed by atoms with Crippen LogP contribution in [-0.4, -0.2) is 34.0 Å². The number of rotatable bonds is 4. The summed E-state index contributed by atoms with van der Waals surface area (Å²) in [6, 6.07) is 3.51. The number of nitrogens with zero attached hydrogens (tertiary/aromatic N) is 1. The molecule has 1 aromatic heterocycles. The summed E-state index contributed by atoms with van der Waals surface area (Å²) < 4.78 is 24.7. The van der Waals surface area contributed by atoms with Gasteiger partial charge in [0.15, 0.2) is 6.29 Å². The number of aromatic nitrogens is 2. The SMILES string of the molecule is C/C=C(\C)F.C=CCN.CC.O=Cc1[nH]ncc1NC(=O)c1c(O)cccc1F. The van der Waals surface area contributed by atoms with Gasteiger partial charge in [-0.2, -0.15) is 5.10 Å². The minimum absolute atomic E-state index is 0.0548. The van der Waals surface area contributed by atoms with Crippen LogP contribution in [0.5, 0.6) is 5.75 Å². The topological polar surface area (TPSA) is 121 Å². The summed E-state index contributed by atoms with van der Waals surface area (Å²) in [5.41, 5.74) is 4.58. The van der Waals surface area contributed by atoms with E-state index < -0.39 is 23.0 Å². The predicted molar refractivity (Wildman–Crippen MR) is 111 cm³/mol. The number of carbonyl (C=O) groups is 2. The minimum Gasteiger partial charge on any atom is -0.507 e. The van der Waals surface area contributed by atoms with Crippen LogP contribution < -0.4 is 11.1 Å². The zero-order chi connectivity index (χ0) is 22.8. The molecule has 1 heterocycles. The van der Waals surface area contributed by atoms with Crippen LogP contribution in [0.1, 0.15) is 48.5 Å². The van der Waals surface area contributed by atoms with E-state index in [0.29, 0.717) is 12.8 Å². The number of hydrogen-bond donors (Lipinski definition) is 4. The Labute approximate surface area is 169 Å². The largest absolute Gasteiger partial charge is 0.507 e. The first kappa shape index (κ1) is 27.9. The fourth-order valence-corrected chi connectivity index (χ4v) is 1.41. The van der Waals surface area contributed by atoms with Crippen LogP contribution in [0.2, 0.25) is 0 Å². The minimum atomic E-state index is -0.866. The number of amides is 1. The van der Waals surface area contributed by atoms with E-state index in [1.807, 2.05) is 13.8 Å². The first-order chi connectivity index (χ1) is 13.8. The molecule has 0 bridgehead atoms. The van der Waals surface area contributed by atoms with Crippen LogP contribution in [0.4, 0.5) is 14.5 Å². The summed E-state index contributed by atoms with van der Waals surface area (Å²) in [5, 5.41) is 17.6. The highest BCUT2D eigenvalue weighted by Crippen LogP contribution is 2.21. The number of phenolic OH excluding ortho intramolecular Hbond substituents is 1. The molecule has 0 aliphatic carbocycles. The highest BCUT2D eigenvalue weighted by molar-refractivity contribution is 6.07. The van der Waals surface area contributed by atoms with E-state index in [4.69, 9.17) is 5.73 Å². The van der Waals surface area contributed by atoms with Crippen LogP contribution in [0.3, 0.4) is 0 Å². The van der Waals surface area contributed by atoms with E-state index >= 15 is 0 Å². The fraction of sp³-hybridized carbons (Fsp3) is 0.250. The molecule has 0 saturated heterocycles. The Bertz CT molecular complexity index is 766. The van der Waals surface area contributed by atoms with Gasteiger partial charge in [-0.15, -0.1) is 6.58 Å². The molecule has 0 radical (unpaired) electrons. The molecule has 0 aliphatic heterocycles. The normalized spacial score (nSPS) is 9.41. The van der Waals surface area contributed by atoms with Crippen LogP contribution in [0.15, 0.2) is 49.0 Å². The number of carbonyl (C=O) groups excluding carboxylic acids is 2. The number of aldehydes is 1. The smallest absolute Gasteiger partial charge is 0.262 e. The molecule has 0 saturated carbocycles. The Balaban J connectivity index is 0. The van der Waals surface area contributed by atoms with Gasteiger partial charge >= 0.3 is 0 Å². The van der Waals surface area contributed by atoms with Crippen molar-refractivity contribution in [2.24, 2.45) is 5.73 Å². The van der Waals surface area contributed by atoms with Crippen molar-refractivity contribution >= 4 is 17.9 Å². The first-order valence-corrected chi connectivity index (χ1v) is 8.69. The lowest BCUT2D eigenvalue weighted by molar-refractivity contribution is 0.102. The molecule has 0 unspecified atom stereocenters. The summed E-state index contributed by atoms with van der Waals surface area (Å²) in [5.74, 6) is -2.33. The van der Waals surface area contributed by atoms with Gasteiger partial charge in [0.2, 0.25) is 0 Å². The summed E-state index contributed by atoms with van der Waals surface area (Å²) >= 11 is 0. The molecule has 1 aromatic carbocycles. The van der Waals surface area contributed by atoms with Gasteiger partial charge in [-0.05, 0) is 26.0 Å². The van der Waals surface area contributed by atoms with Gasteiger partial charge in [0, 0.05) is 6.54 Å². The zero-order valence-electron chi connectivity index (χ0n) is 17.0. The molecular weight excluding hydrogens is 382 g/mol. The predicted octanol–water partition coefficient (Wildman–Crippen LogP) is 4.36. The fourth-order valence-electron chi connectivity index (χ4n) is 1.41. The standard InChI is InChI=1S/C11H8FN3O3.C4H7F.C3H7N.C2H6/c12-6-2-1-3-9(17)10(6)11(18)14-7-4-13-15-8(7)5-16;1-3-4(2)5;1-2-3-4;1-2/h1-5,17H,(H,13,15)(H,14,18);3H,1-2H3;2H,1,3-4H2;1-2H3/b;4-3+;;. The number of aromatic hydroxyl groups is 1. The molecule has 0 atom stereocenters. The maximum atomic E-state index is 13.4. The Morgan fingerprint density at radius 1 is 1.41 bits per heavy atom. The van der Waals surface area contributed by atoms with Crippen LogP contribution >= 0.6 is 0 Å². The molecule has 2 aromatic rings. The quantitative estimate of drug-likeness (QED) is 0.441. The van der Waals surface area contributed by atoms with Crippen molar-refractivity contribution < 1.29 is 23.5 Å². The van der Waals surface area contributed by atoms with Crippen LogP contribution in [0, 0.1) is 5.82 Å². The van der Waals surface area contributed by atoms with E-state index in [9.17, 15) is 23.5 Å². The van der Waals surface area contributed by atoms with E-state index in [0.717, 1.165) is 6.07 Å². The number of aromatic amines is 1. The lowest BCUT2D eigenvalue weighted by Crippen LogP contribution is -2.14. The second-order valence-electron chi connectivity index (χ2n) is 4.80. The number of phenols is 1. The van der Waals surface area contributed by atoms with Crippen molar-refractivity contribution in [3.8, 4) is 5.75 Å². The lowest BCUT2D eigenvalue weighted by atomic mass is 10.1. The molecule has 2 rings (SSSR count). The van der Waals surface area contributed by atoms with Crippen LogP contribution in [-0.2, 0) is 0 Å². The third kappa shape index (κ3) is 11.2. The zero-order valence-corrected chi connectivity index (χ0v) is 17.0. The number of H-pyrrole nitrogens is 1. The third-order valence-corrected chi connectivity index (χ3v) is 2.82. The second kappa shape index (κ2) is 16.8. The Kier molecular flexibility index (Phi) is 16.2. The number of nitrogens with one attached hydrogen (secondary N) is 2. The van der Waals surface area contributed by atoms with Gasteiger partial charge in [-0.25, -0.2) is 8.78 Å². The molecule has 1 amide bonds. The highest BCUT2D eigenvalue weighted by atomic mass is 19.1. The van der Waals surface area contributed by atoms with Gasteiger partial charge in [-0.3, -0.25) is 14.7 Å². The van der Waals surface area contributed by atoms with Gasteiger partial charge in [0.25, 0.3) is 5.91 Å². The van der Waals surface area contributed by atoms with Crippen molar-refractivity contribution in [3.05, 3.63) is 66.0 Å². The molecule has 29 heavy (non-hydrogen) atoms. The molecule has 9 heteroatoms. The number of nitrogens with two attached hydrogens (primary N) is 1. The summed E-state index contributed by atoms with van der Waals surface area (Å²) in [6.07, 6.45) is 4.74. The molecule has 0 fully saturated rings. The van der Waals surface area contributed by atoms with E-state index in [1.54, 1.807) is 13.0 Å². The average Bonchev–Trinajstić information content (AvgIpc) is 3.17. The van der Waals surface area contributed by atoms with Crippen molar-refractivity contribution in [1.82, 2.24) is 10.2 Å². The molecule has 7 nitrogen and oxygen atoms in total. The van der Waals surface area contributed by atoms with Gasteiger partial charge < -0.3 is 16.2 Å². The number of allylic oxidation sites excluding steroid dienone is 2. The van der Waals surface area contributed by atoms with Crippen LogP contribution in [0.25, 0.3) is 0 Å². The average molecular weight is 410 g/mol. The van der Waals surface area contributed by atoms with Gasteiger partial charge in [0.05, 0.1) is 17.7 Å². The van der Waals surface area contributed by atoms with Crippen molar-refractivity contribution in [3.63, 3.8) is 0 Å². The molecular formula is C20H28F2N4O3. The van der Waals surface area contributed by atoms with Gasteiger partial charge in [-0.1, -0.05) is 32.1 Å². The number of halogens is 2. The van der Waals surface area contributed by atoms with E-state index in [2.05, 4.69) is 22.1 Å². The summed E-state index contributed by atoms with van der Waals surface area (Å²) in [4.78, 5) is 22.3. The molecule has 0 spiro atoms. The lowest BCUT2D eigenvalue weighted by Gasteiger charge is -2.06. The second-order valence-corrected chi connectivity index (χ2v) is 4.80. The third-order valence-electron chi connectivity index (χ3n) is 2.82. The maximum absolute atomic E-state index is 13.4. The maximum Gasteiger partial charge on any atom is 0.262 e. The van der Waals surface area contributed by atoms with Gasteiger partial charge in [0.1, 0.15) is 22.8 Å². The van der Waals surface area contributed by atoms with Crippen molar-refractivity contribution in [2.75, 3.05) is 11.9 Å². The monoisotopic (exact) mass is 410 g/mol. The highest BCUT2D eigenvalue weighted by Gasteiger charge is 2.18. The molecule has 5 N–H and O–H groups in total.